The number of nitrogens with two attached hydrogens (primary N) is 1. The van der Waals surface area contributed by atoms with Gasteiger partial charge < -0.3 is 21.0 Å². The van der Waals surface area contributed by atoms with Crippen molar-refractivity contribution >= 4 is 24.2 Å². The van der Waals surface area contributed by atoms with Gasteiger partial charge in [0.25, 0.3) is 0 Å². The lowest BCUT2D eigenvalue weighted by atomic mass is 10.1. The molecule has 2 aromatic rings. The molecule has 4 N–H and O–H groups in total. The van der Waals surface area contributed by atoms with Crippen molar-refractivity contribution in [2.45, 2.75) is 6.61 Å². The largest absolute Gasteiger partial charge is 0.488 e. The summed E-state index contributed by atoms with van der Waals surface area (Å²) in [5.41, 5.74) is 7.59. The topological polar surface area (TPSA) is 113 Å². The van der Waals surface area contributed by atoms with E-state index < -0.39 is 5.97 Å². The Hall–Kier alpha value is -3.15. The van der Waals surface area contributed by atoms with Gasteiger partial charge >= 0.3 is 5.97 Å². The number of hydrogen-bond acceptors (Lipinski definition) is 5. The maximum Gasteiger partial charge on any atom is 0.335 e. The number of hydrogen-bond donors (Lipinski definition) is 3. The van der Waals surface area contributed by atoms with Crippen LogP contribution in [0.3, 0.4) is 0 Å². The molecule has 2 rings (SSSR count). The van der Waals surface area contributed by atoms with Crippen LogP contribution in [0.25, 0.3) is 0 Å². The van der Waals surface area contributed by atoms with Crippen LogP contribution in [0.4, 0.5) is 5.69 Å². The van der Waals surface area contributed by atoms with Gasteiger partial charge in [-0.3, -0.25) is 4.79 Å². The average molecular weight is 298 g/mol. The molecule has 0 amide bonds. The molecule has 112 valence electrons. The van der Waals surface area contributed by atoms with E-state index in [1.165, 1.54) is 12.1 Å². The summed E-state index contributed by atoms with van der Waals surface area (Å²) in [4.78, 5) is 21.9. The number of carbonyl (C=O) groups excluding carboxylic acids is 1. The van der Waals surface area contributed by atoms with Crippen molar-refractivity contribution < 1.29 is 19.4 Å². The zero-order chi connectivity index (χ0) is 16.1. The summed E-state index contributed by atoms with van der Waals surface area (Å²) in [6, 6.07) is 9.41. The third-order valence-electron chi connectivity index (χ3n) is 3.15. The van der Waals surface area contributed by atoms with E-state index in [2.05, 4.69) is 0 Å². The lowest BCUT2D eigenvalue weighted by molar-refractivity contribution is 0.0696. The predicted octanol–water partition coefficient (Wildman–Crippen LogP) is 2.36. The van der Waals surface area contributed by atoms with Crippen LogP contribution in [0, 0.1) is 5.41 Å². The second-order valence-corrected chi connectivity index (χ2v) is 4.53. The van der Waals surface area contributed by atoms with Gasteiger partial charge in [0.05, 0.1) is 16.8 Å². The van der Waals surface area contributed by atoms with Crippen LogP contribution in [-0.4, -0.2) is 23.6 Å². The number of carbonyl (C=O) groups is 2. The van der Waals surface area contributed by atoms with Crippen LogP contribution in [0.15, 0.2) is 36.4 Å². The van der Waals surface area contributed by atoms with Gasteiger partial charge in [-0.05, 0) is 29.8 Å². The molecule has 0 radical (unpaired) electrons. The summed E-state index contributed by atoms with van der Waals surface area (Å²) in [6.45, 7) is 0.171. The number of nitrogen functional groups attached to an aromatic ring is 1. The summed E-state index contributed by atoms with van der Waals surface area (Å²) in [5, 5.41) is 16.0. The Kier molecular flexibility index (Phi) is 4.53. The first-order chi connectivity index (χ1) is 10.6. The fraction of sp³-hybridized carbons (Fsp3) is 0.0625. The van der Waals surface area contributed by atoms with Crippen molar-refractivity contribution in [1.29, 1.82) is 5.41 Å². The molecule has 0 aliphatic carbocycles. The van der Waals surface area contributed by atoms with Crippen LogP contribution in [-0.2, 0) is 6.61 Å². The smallest absolute Gasteiger partial charge is 0.335 e. The number of anilines is 1. The Bertz CT molecular complexity index is 724. The SMILES string of the molecule is N=Cc1ccc(OCc2ccc(C(=O)O)cc2)c(C=O)c1N. The van der Waals surface area contributed by atoms with Crippen LogP contribution in [0.1, 0.15) is 31.8 Å². The number of benzene rings is 2. The number of carboxylic acid groups (broad SMARTS) is 1. The highest BCUT2D eigenvalue weighted by atomic mass is 16.5. The highest BCUT2D eigenvalue weighted by Gasteiger charge is 2.11. The Morgan fingerprint density at radius 3 is 2.45 bits per heavy atom. The molecule has 22 heavy (non-hydrogen) atoms. The molecule has 0 saturated carbocycles. The van der Waals surface area contributed by atoms with Crippen molar-refractivity contribution in [3.63, 3.8) is 0 Å². The maximum absolute atomic E-state index is 11.1. The third-order valence-corrected chi connectivity index (χ3v) is 3.15. The van der Waals surface area contributed by atoms with E-state index >= 15 is 0 Å². The molecule has 0 fully saturated rings. The molecule has 0 aliphatic heterocycles. The van der Waals surface area contributed by atoms with Gasteiger partial charge in [0.2, 0.25) is 0 Å². The van der Waals surface area contributed by atoms with Gasteiger partial charge in [0.1, 0.15) is 12.4 Å². The van der Waals surface area contributed by atoms with Gasteiger partial charge in [0, 0.05) is 11.8 Å². The molecular formula is C16H14N2O4. The summed E-state index contributed by atoms with van der Waals surface area (Å²) >= 11 is 0. The summed E-state index contributed by atoms with van der Waals surface area (Å²) in [7, 11) is 0. The van der Waals surface area contributed by atoms with Gasteiger partial charge in [-0.15, -0.1) is 0 Å². The molecule has 0 saturated heterocycles. The lowest BCUT2D eigenvalue weighted by Crippen LogP contribution is -2.04. The highest BCUT2D eigenvalue weighted by molar-refractivity contribution is 5.96. The molecule has 6 nitrogen and oxygen atoms in total. The minimum absolute atomic E-state index is 0.171. The van der Waals surface area contributed by atoms with Crippen LogP contribution in [0.5, 0.6) is 5.75 Å². The first kappa shape index (κ1) is 15.2. The molecular weight excluding hydrogens is 284 g/mol. The van der Waals surface area contributed by atoms with Gasteiger partial charge in [-0.1, -0.05) is 12.1 Å². The standard InChI is InChI=1S/C16H14N2O4/c17-7-12-5-6-14(13(8-19)15(12)18)22-9-10-1-3-11(4-2-10)16(20)21/h1-8,17H,9,18H2,(H,20,21). The number of aromatic carboxylic acids is 1. The van der Waals surface area contributed by atoms with Crippen LogP contribution >= 0.6 is 0 Å². The summed E-state index contributed by atoms with van der Waals surface area (Å²) in [6.07, 6.45) is 1.65. The highest BCUT2D eigenvalue weighted by Crippen LogP contribution is 2.26. The molecule has 2 aromatic carbocycles. The van der Waals surface area contributed by atoms with Gasteiger partial charge in [0.15, 0.2) is 6.29 Å². The van der Waals surface area contributed by atoms with E-state index in [0.29, 0.717) is 17.6 Å². The first-order valence-corrected chi connectivity index (χ1v) is 6.40. The molecule has 0 unspecified atom stereocenters. The second-order valence-electron chi connectivity index (χ2n) is 4.53. The molecule has 0 spiro atoms. The molecule has 0 aliphatic rings. The van der Waals surface area contributed by atoms with E-state index in [-0.39, 0.29) is 23.4 Å². The van der Waals surface area contributed by atoms with Crippen molar-refractivity contribution in [1.82, 2.24) is 0 Å². The zero-order valence-electron chi connectivity index (χ0n) is 11.6. The Labute approximate surface area is 126 Å². The van der Waals surface area contributed by atoms with Crippen LogP contribution < -0.4 is 10.5 Å². The number of nitrogens with one attached hydrogen (secondary N) is 1. The minimum Gasteiger partial charge on any atom is -0.488 e. The second kappa shape index (κ2) is 6.53. The molecule has 0 atom stereocenters. The van der Waals surface area contributed by atoms with E-state index in [0.717, 1.165) is 11.8 Å². The van der Waals surface area contributed by atoms with E-state index in [1.54, 1.807) is 24.3 Å². The Morgan fingerprint density at radius 2 is 1.91 bits per heavy atom. The molecule has 0 aromatic heterocycles. The third kappa shape index (κ3) is 3.12. The minimum atomic E-state index is -0.995. The van der Waals surface area contributed by atoms with Gasteiger partial charge in [-0.2, -0.15) is 0 Å². The number of ether oxygens (including phenoxy) is 1. The molecule has 0 bridgehead atoms. The van der Waals surface area contributed by atoms with E-state index in [1.807, 2.05) is 0 Å². The van der Waals surface area contributed by atoms with Crippen molar-refractivity contribution in [3.05, 3.63) is 58.7 Å². The maximum atomic E-state index is 11.1. The monoisotopic (exact) mass is 298 g/mol. The zero-order valence-corrected chi connectivity index (χ0v) is 11.6. The predicted molar refractivity (Wildman–Crippen MR) is 81.9 cm³/mol. The van der Waals surface area contributed by atoms with Crippen LogP contribution in [0.2, 0.25) is 0 Å². The number of rotatable bonds is 6. The lowest BCUT2D eigenvalue weighted by Gasteiger charge is -2.12. The summed E-state index contributed by atoms with van der Waals surface area (Å²) < 4.78 is 5.56. The Balaban J connectivity index is 2.17. The van der Waals surface area contributed by atoms with E-state index in [9.17, 15) is 9.59 Å². The Morgan fingerprint density at radius 1 is 1.23 bits per heavy atom. The van der Waals surface area contributed by atoms with Crippen molar-refractivity contribution in [2.24, 2.45) is 0 Å². The van der Waals surface area contributed by atoms with Crippen molar-refractivity contribution in [2.75, 3.05) is 5.73 Å². The first-order valence-electron chi connectivity index (χ1n) is 6.40. The number of aldehydes is 1. The number of carboxylic acids is 1. The fourth-order valence-corrected chi connectivity index (χ4v) is 1.91. The average Bonchev–Trinajstić information content (AvgIpc) is 2.53. The quantitative estimate of drug-likeness (QED) is 0.430. The molecule has 0 heterocycles. The van der Waals surface area contributed by atoms with E-state index in [4.69, 9.17) is 21.0 Å². The fourth-order valence-electron chi connectivity index (χ4n) is 1.91. The van der Waals surface area contributed by atoms with Gasteiger partial charge in [-0.25, -0.2) is 4.79 Å². The van der Waals surface area contributed by atoms with Crippen molar-refractivity contribution in [3.8, 4) is 5.75 Å². The normalized spacial score (nSPS) is 10.0. The summed E-state index contributed by atoms with van der Waals surface area (Å²) in [5.74, 6) is -0.675. The molecule has 6 heteroatoms.